The summed E-state index contributed by atoms with van der Waals surface area (Å²) in [5.74, 6) is 0.878. The zero-order valence-corrected chi connectivity index (χ0v) is 17.1. The molecule has 4 nitrogen and oxygen atoms in total. The van der Waals surface area contributed by atoms with Gasteiger partial charge in [0.05, 0.1) is 5.41 Å². The quantitative estimate of drug-likeness (QED) is 0.615. The third-order valence-electron chi connectivity index (χ3n) is 4.75. The molecule has 0 spiro atoms. The Morgan fingerprint density at radius 2 is 1.81 bits per heavy atom. The molecule has 1 atom stereocenters. The minimum absolute atomic E-state index is 0.295. The second-order valence-corrected chi connectivity index (χ2v) is 9.09. The first-order valence-corrected chi connectivity index (χ1v) is 9.68. The van der Waals surface area contributed by atoms with Crippen LogP contribution in [-0.2, 0) is 10.2 Å². The summed E-state index contributed by atoms with van der Waals surface area (Å²) in [4.78, 5) is 13.7. The highest BCUT2D eigenvalue weighted by molar-refractivity contribution is 6.67. The third-order valence-corrected chi connectivity index (χ3v) is 5.08. The number of hydrogen-bond acceptors (Lipinski definition) is 3. The zero-order valence-electron chi connectivity index (χ0n) is 14.8. The molecule has 1 aliphatic heterocycles. The van der Waals surface area contributed by atoms with E-state index in [0.29, 0.717) is 19.6 Å². The molecule has 0 fully saturated rings. The summed E-state index contributed by atoms with van der Waals surface area (Å²) in [6.07, 6.45) is 0.143. The predicted molar refractivity (Wildman–Crippen MR) is 108 cm³/mol. The molecular formula is C20H20Cl3NO3. The molecule has 1 unspecified atom stereocenters. The number of hydrogen-bond donors (Lipinski definition) is 0. The van der Waals surface area contributed by atoms with Gasteiger partial charge in [0.15, 0.2) is 0 Å². The van der Waals surface area contributed by atoms with E-state index in [0.717, 1.165) is 16.9 Å². The van der Waals surface area contributed by atoms with Crippen LogP contribution in [0.5, 0.6) is 5.75 Å². The van der Waals surface area contributed by atoms with E-state index in [1.165, 1.54) is 4.90 Å². The molecule has 2 aromatic carbocycles. The van der Waals surface area contributed by atoms with Crippen LogP contribution < -0.4 is 4.74 Å². The smallest absolute Gasteiger partial charge is 0.409 e. The maximum atomic E-state index is 12.2. The minimum atomic E-state index is -1.63. The Bertz CT molecular complexity index is 795. The van der Waals surface area contributed by atoms with Gasteiger partial charge in [-0.3, -0.25) is 0 Å². The van der Waals surface area contributed by atoms with Gasteiger partial charge in [0.2, 0.25) is 3.79 Å². The van der Waals surface area contributed by atoms with Crippen molar-refractivity contribution in [2.75, 3.05) is 26.8 Å². The molecule has 0 aliphatic carbocycles. The fourth-order valence-electron chi connectivity index (χ4n) is 3.32. The Morgan fingerprint density at radius 3 is 2.52 bits per heavy atom. The van der Waals surface area contributed by atoms with Crippen molar-refractivity contribution in [2.45, 2.75) is 15.6 Å². The fraction of sp³-hybridized carbons (Fsp3) is 0.350. The molecule has 3 rings (SSSR count). The van der Waals surface area contributed by atoms with Gasteiger partial charge >= 0.3 is 6.09 Å². The zero-order chi connectivity index (χ0) is 19.5. The van der Waals surface area contributed by atoms with E-state index in [-0.39, 0.29) is 12.0 Å². The molecule has 27 heavy (non-hydrogen) atoms. The molecule has 2 aromatic rings. The van der Waals surface area contributed by atoms with Crippen LogP contribution in [0.2, 0.25) is 0 Å². The second kappa shape index (κ2) is 8.17. The largest absolute Gasteiger partial charge is 0.492 e. The number of ether oxygens (including phenoxy) is 2. The van der Waals surface area contributed by atoms with Crippen LogP contribution in [0.25, 0.3) is 0 Å². The van der Waals surface area contributed by atoms with E-state index in [9.17, 15) is 4.79 Å². The highest BCUT2D eigenvalue weighted by Gasteiger charge is 2.42. The number of halogens is 3. The van der Waals surface area contributed by atoms with Crippen LogP contribution in [-0.4, -0.2) is 41.6 Å². The lowest BCUT2D eigenvalue weighted by molar-refractivity contribution is 0.110. The minimum Gasteiger partial charge on any atom is -0.492 e. The van der Waals surface area contributed by atoms with Crippen LogP contribution >= 0.6 is 34.8 Å². The molecule has 0 saturated carbocycles. The molecule has 0 radical (unpaired) electrons. The van der Waals surface area contributed by atoms with Crippen molar-refractivity contribution < 1.29 is 14.3 Å². The van der Waals surface area contributed by atoms with E-state index < -0.39 is 9.89 Å². The Labute approximate surface area is 173 Å². The summed E-state index contributed by atoms with van der Waals surface area (Å²) >= 11 is 16.9. The monoisotopic (exact) mass is 427 g/mol. The molecule has 0 saturated heterocycles. The highest BCUT2D eigenvalue weighted by Crippen LogP contribution is 2.45. The van der Waals surface area contributed by atoms with Gasteiger partial charge in [-0.1, -0.05) is 83.3 Å². The van der Waals surface area contributed by atoms with Crippen LogP contribution in [0.15, 0.2) is 54.6 Å². The number of carbonyl (C=O) groups is 1. The van der Waals surface area contributed by atoms with Gasteiger partial charge in [-0.2, -0.15) is 0 Å². The van der Waals surface area contributed by atoms with Crippen LogP contribution in [0.4, 0.5) is 4.79 Å². The highest BCUT2D eigenvalue weighted by atomic mass is 35.6. The molecule has 7 heteroatoms. The van der Waals surface area contributed by atoms with Crippen molar-refractivity contribution in [1.82, 2.24) is 4.90 Å². The van der Waals surface area contributed by atoms with Gasteiger partial charge in [0.1, 0.15) is 19.0 Å². The number of rotatable bonds is 5. The third kappa shape index (κ3) is 4.63. The van der Waals surface area contributed by atoms with Crippen LogP contribution in [0.3, 0.4) is 0 Å². The first-order chi connectivity index (χ1) is 12.8. The number of alkyl halides is 3. The Kier molecular flexibility index (Phi) is 6.09. The van der Waals surface area contributed by atoms with E-state index in [4.69, 9.17) is 44.3 Å². The van der Waals surface area contributed by atoms with Gasteiger partial charge < -0.3 is 14.4 Å². The average Bonchev–Trinajstić information content (AvgIpc) is 3.04. The number of benzene rings is 2. The molecule has 0 N–H and O–H groups in total. The Hall–Kier alpha value is -1.62. The van der Waals surface area contributed by atoms with Crippen molar-refractivity contribution in [3.63, 3.8) is 0 Å². The topological polar surface area (TPSA) is 38.8 Å². The molecule has 0 bridgehead atoms. The van der Waals surface area contributed by atoms with Crippen LogP contribution in [0.1, 0.15) is 17.5 Å². The summed E-state index contributed by atoms with van der Waals surface area (Å²) in [5.41, 5.74) is 1.94. The van der Waals surface area contributed by atoms with Gasteiger partial charge in [0, 0.05) is 19.2 Å². The maximum absolute atomic E-state index is 12.2. The van der Waals surface area contributed by atoms with Crippen molar-refractivity contribution in [3.05, 3.63) is 65.7 Å². The standard InChI is InChI=1S/C20H20Cl3NO3/c1-24(18(25)27-14-20(21,22)23)12-11-19(15-7-3-2-4-8-15)13-26-17-10-6-5-9-16(17)19/h2-10H,11-14H2,1H3. The van der Waals surface area contributed by atoms with E-state index in [1.807, 2.05) is 36.4 Å². The van der Waals surface area contributed by atoms with Gasteiger partial charge in [0.25, 0.3) is 0 Å². The van der Waals surface area contributed by atoms with Crippen molar-refractivity contribution in [1.29, 1.82) is 0 Å². The molecule has 144 valence electrons. The van der Waals surface area contributed by atoms with Gasteiger partial charge in [-0.25, -0.2) is 4.79 Å². The van der Waals surface area contributed by atoms with Crippen LogP contribution in [0, 0.1) is 0 Å². The Morgan fingerprint density at radius 1 is 1.15 bits per heavy atom. The normalized spacial score (nSPS) is 18.5. The lowest BCUT2D eigenvalue weighted by Gasteiger charge is -2.31. The van der Waals surface area contributed by atoms with E-state index >= 15 is 0 Å². The van der Waals surface area contributed by atoms with Gasteiger partial charge in [-0.15, -0.1) is 0 Å². The van der Waals surface area contributed by atoms with Crippen molar-refractivity contribution >= 4 is 40.9 Å². The molecule has 1 heterocycles. The maximum Gasteiger partial charge on any atom is 0.409 e. The number of para-hydroxylation sites is 1. The molecule has 1 aliphatic rings. The first kappa shape index (κ1) is 20.1. The molecule has 1 amide bonds. The predicted octanol–water partition coefficient (Wildman–Crippen LogP) is 5.19. The first-order valence-electron chi connectivity index (χ1n) is 8.54. The van der Waals surface area contributed by atoms with Crippen molar-refractivity contribution in [2.24, 2.45) is 0 Å². The lowest BCUT2D eigenvalue weighted by atomic mass is 9.73. The van der Waals surface area contributed by atoms with Crippen molar-refractivity contribution in [3.8, 4) is 5.75 Å². The molecular weight excluding hydrogens is 409 g/mol. The number of amides is 1. The van der Waals surface area contributed by atoms with E-state index in [1.54, 1.807) is 7.05 Å². The Balaban J connectivity index is 1.78. The van der Waals surface area contributed by atoms with E-state index in [2.05, 4.69) is 18.2 Å². The number of fused-ring (bicyclic) bond motifs is 1. The number of carbonyl (C=O) groups excluding carboxylic acids is 1. The number of nitrogens with zero attached hydrogens (tertiary/aromatic N) is 1. The fourth-order valence-corrected chi connectivity index (χ4v) is 3.48. The summed E-state index contributed by atoms with van der Waals surface area (Å²) < 4.78 is 9.39. The summed E-state index contributed by atoms with van der Waals surface area (Å²) in [6, 6.07) is 18.2. The summed E-state index contributed by atoms with van der Waals surface area (Å²) in [6.45, 7) is 0.690. The summed E-state index contributed by atoms with van der Waals surface area (Å²) in [5, 5.41) is 0. The second-order valence-electron chi connectivity index (χ2n) is 6.57. The lowest BCUT2D eigenvalue weighted by Crippen LogP contribution is -2.37. The summed E-state index contributed by atoms with van der Waals surface area (Å²) in [7, 11) is 1.67. The molecule has 0 aromatic heterocycles. The average molecular weight is 429 g/mol. The van der Waals surface area contributed by atoms with Gasteiger partial charge in [-0.05, 0) is 18.1 Å². The SMILES string of the molecule is CN(CCC1(c2ccccc2)COc2ccccc21)C(=O)OCC(Cl)(Cl)Cl.